The fourth-order valence-corrected chi connectivity index (χ4v) is 3.99. The monoisotopic (exact) mass is 469 g/mol. The van der Waals surface area contributed by atoms with Crippen LogP contribution in [0.25, 0.3) is 6.08 Å². The van der Waals surface area contributed by atoms with Gasteiger partial charge in [0.25, 0.3) is 10.0 Å². The molecule has 28 heavy (non-hydrogen) atoms. The quantitative estimate of drug-likeness (QED) is 0.490. The van der Waals surface area contributed by atoms with E-state index in [1.54, 1.807) is 24.3 Å². The molecule has 0 saturated carbocycles. The van der Waals surface area contributed by atoms with E-state index in [0.717, 1.165) is 10.0 Å². The van der Waals surface area contributed by atoms with Gasteiger partial charge in [-0.2, -0.15) is 0 Å². The van der Waals surface area contributed by atoms with E-state index in [-0.39, 0.29) is 16.4 Å². The van der Waals surface area contributed by atoms with Gasteiger partial charge in [0.2, 0.25) is 0 Å². The first-order chi connectivity index (χ1) is 13.2. The second-order valence-corrected chi connectivity index (χ2v) is 8.19. The fourth-order valence-electron chi connectivity index (χ4n) is 2.34. The number of carbonyl (C=O) groups is 1. The first kappa shape index (κ1) is 21.8. The van der Waals surface area contributed by atoms with Crippen molar-refractivity contribution in [3.63, 3.8) is 0 Å². The molecule has 0 spiro atoms. The van der Waals surface area contributed by atoms with Crippen LogP contribution in [0.2, 0.25) is 0 Å². The van der Waals surface area contributed by atoms with Crippen LogP contribution in [0.15, 0.2) is 45.8 Å². The van der Waals surface area contributed by atoms with Crippen molar-refractivity contribution in [2.24, 2.45) is 0 Å². The highest BCUT2D eigenvalue weighted by Crippen LogP contribution is 2.37. The molecule has 0 heterocycles. The Bertz CT molecular complexity index is 1020. The van der Waals surface area contributed by atoms with Crippen LogP contribution in [0.3, 0.4) is 0 Å². The van der Waals surface area contributed by atoms with Gasteiger partial charge in [-0.1, -0.05) is 22.0 Å². The fraction of sp³-hybridized carbons (Fsp3) is 0.211. The van der Waals surface area contributed by atoms with E-state index in [2.05, 4.69) is 25.4 Å². The average molecular weight is 470 g/mol. The van der Waals surface area contributed by atoms with Crippen LogP contribution in [0.1, 0.15) is 11.1 Å². The van der Waals surface area contributed by atoms with Gasteiger partial charge in [0.1, 0.15) is 4.90 Å². The average Bonchev–Trinajstić information content (AvgIpc) is 2.67. The smallest absolute Gasteiger partial charge is 0.330 e. The van der Waals surface area contributed by atoms with Crippen LogP contribution < -0.4 is 14.2 Å². The Morgan fingerprint density at radius 2 is 1.82 bits per heavy atom. The summed E-state index contributed by atoms with van der Waals surface area (Å²) in [6, 6.07) is 8.04. The molecule has 0 fully saturated rings. The van der Waals surface area contributed by atoms with Crippen molar-refractivity contribution < 1.29 is 27.4 Å². The van der Waals surface area contributed by atoms with E-state index in [4.69, 9.17) is 9.47 Å². The number of hydrogen-bond donors (Lipinski definition) is 1. The maximum Gasteiger partial charge on any atom is 0.330 e. The van der Waals surface area contributed by atoms with E-state index in [1.165, 1.54) is 39.5 Å². The number of aryl methyl sites for hydroxylation is 1. The Morgan fingerprint density at radius 3 is 2.39 bits per heavy atom. The molecule has 0 saturated heterocycles. The van der Waals surface area contributed by atoms with E-state index in [1.807, 2.05) is 6.92 Å². The molecule has 0 aliphatic heterocycles. The zero-order chi connectivity index (χ0) is 20.9. The first-order valence-electron chi connectivity index (χ1n) is 8.03. The van der Waals surface area contributed by atoms with E-state index in [0.29, 0.717) is 11.3 Å². The third-order valence-corrected chi connectivity index (χ3v) is 6.03. The van der Waals surface area contributed by atoms with Gasteiger partial charge < -0.3 is 14.2 Å². The summed E-state index contributed by atoms with van der Waals surface area (Å²) in [6.45, 7) is 1.90. The van der Waals surface area contributed by atoms with Gasteiger partial charge >= 0.3 is 5.97 Å². The first-order valence-corrected chi connectivity index (χ1v) is 10.3. The summed E-state index contributed by atoms with van der Waals surface area (Å²) in [7, 11) is -0.0141. The minimum absolute atomic E-state index is 0.0522. The third kappa shape index (κ3) is 5.05. The Hall–Kier alpha value is -2.52. The number of methoxy groups -OCH3 is 3. The molecule has 150 valence electrons. The molecule has 0 aromatic heterocycles. The van der Waals surface area contributed by atoms with E-state index >= 15 is 0 Å². The molecule has 0 bridgehead atoms. The van der Waals surface area contributed by atoms with E-state index in [9.17, 15) is 13.2 Å². The molecule has 2 rings (SSSR count). The summed E-state index contributed by atoms with van der Waals surface area (Å²) < 4.78 is 44.4. The second-order valence-electron chi connectivity index (χ2n) is 5.68. The van der Waals surface area contributed by atoms with Gasteiger partial charge in [0.05, 0.1) is 21.3 Å². The van der Waals surface area contributed by atoms with Crippen LogP contribution >= 0.6 is 15.9 Å². The molecule has 2 aromatic rings. The van der Waals surface area contributed by atoms with Crippen LogP contribution in [0, 0.1) is 6.92 Å². The van der Waals surface area contributed by atoms with Gasteiger partial charge in [-0.3, -0.25) is 4.72 Å². The van der Waals surface area contributed by atoms with Gasteiger partial charge in [-0.05, 0) is 48.4 Å². The molecule has 1 N–H and O–H groups in total. The lowest BCUT2D eigenvalue weighted by Crippen LogP contribution is -2.15. The van der Waals surface area contributed by atoms with Crippen molar-refractivity contribution in [2.75, 3.05) is 26.1 Å². The maximum atomic E-state index is 13.0. The Kier molecular flexibility index (Phi) is 7.09. The van der Waals surface area contributed by atoms with Crippen LogP contribution in [0.5, 0.6) is 11.5 Å². The van der Waals surface area contributed by atoms with Crippen molar-refractivity contribution in [3.05, 3.63) is 52.0 Å². The summed E-state index contributed by atoms with van der Waals surface area (Å²) >= 11 is 3.38. The third-order valence-electron chi connectivity index (χ3n) is 3.79. The molecule has 2 aromatic carbocycles. The maximum absolute atomic E-state index is 13.0. The second kappa shape index (κ2) is 9.11. The minimum Gasteiger partial charge on any atom is -0.493 e. The minimum atomic E-state index is -4.01. The Morgan fingerprint density at radius 1 is 1.11 bits per heavy atom. The SMILES string of the molecule is COC(=O)/C=C/c1cc(OC)c(OC)c(S(=O)(=O)Nc2ccc(C)c(Br)c2)c1. The molecule has 0 aliphatic rings. The number of nitrogens with one attached hydrogen (secondary N) is 1. The van der Waals surface area contributed by atoms with Gasteiger partial charge in [-0.25, -0.2) is 13.2 Å². The summed E-state index contributed by atoms with van der Waals surface area (Å²) in [4.78, 5) is 11.2. The highest BCUT2D eigenvalue weighted by atomic mass is 79.9. The standard InChI is InChI=1S/C19H20BrNO6S/c1-12-5-7-14(11-15(12)20)21-28(23,24)17-10-13(6-8-18(22)26-3)9-16(25-2)19(17)27-4/h5-11,21H,1-4H3/b8-6+. The van der Waals surface area contributed by atoms with Crippen molar-refractivity contribution in [3.8, 4) is 11.5 Å². The molecular formula is C19H20BrNO6S. The summed E-state index contributed by atoms with van der Waals surface area (Å²) in [6.07, 6.45) is 2.61. The number of halogens is 1. The number of hydrogen-bond acceptors (Lipinski definition) is 6. The number of esters is 1. The Balaban J connectivity index is 2.54. The van der Waals surface area contributed by atoms with Gasteiger partial charge in [0.15, 0.2) is 11.5 Å². The number of sulfonamides is 1. The van der Waals surface area contributed by atoms with Crippen molar-refractivity contribution in [1.29, 1.82) is 0 Å². The lowest BCUT2D eigenvalue weighted by atomic mass is 10.2. The highest BCUT2D eigenvalue weighted by molar-refractivity contribution is 9.10. The molecule has 0 amide bonds. The Labute approximate surface area is 172 Å². The van der Waals surface area contributed by atoms with Crippen LogP contribution in [0.4, 0.5) is 5.69 Å². The summed E-state index contributed by atoms with van der Waals surface area (Å²) in [5, 5.41) is 0. The lowest BCUT2D eigenvalue weighted by molar-refractivity contribution is -0.134. The van der Waals surface area contributed by atoms with Crippen molar-refractivity contribution in [1.82, 2.24) is 0 Å². The predicted octanol–water partition coefficient (Wildman–Crippen LogP) is 3.76. The van der Waals surface area contributed by atoms with Crippen LogP contribution in [-0.2, 0) is 19.6 Å². The van der Waals surface area contributed by atoms with E-state index < -0.39 is 16.0 Å². The molecule has 0 radical (unpaired) electrons. The number of carbonyl (C=O) groups excluding carboxylic acids is 1. The molecule has 0 unspecified atom stereocenters. The predicted molar refractivity (Wildman–Crippen MR) is 110 cm³/mol. The molecule has 7 nitrogen and oxygen atoms in total. The van der Waals surface area contributed by atoms with Gasteiger partial charge in [-0.15, -0.1) is 0 Å². The van der Waals surface area contributed by atoms with Crippen LogP contribution in [-0.4, -0.2) is 35.7 Å². The zero-order valence-electron chi connectivity index (χ0n) is 15.8. The largest absolute Gasteiger partial charge is 0.493 e. The van der Waals surface area contributed by atoms with Gasteiger partial charge in [0, 0.05) is 16.2 Å². The summed E-state index contributed by atoms with van der Waals surface area (Å²) in [5.74, 6) is -0.307. The normalized spacial score (nSPS) is 11.3. The molecular weight excluding hydrogens is 450 g/mol. The number of rotatable bonds is 7. The number of benzene rings is 2. The lowest BCUT2D eigenvalue weighted by Gasteiger charge is -2.16. The molecule has 9 heteroatoms. The number of anilines is 1. The van der Waals surface area contributed by atoms with Crippen molar-refractivity contribution in [2.45, 2.75) is 11.8 Å². The topological polar surface area (TPSA) is 90.9 Å². The molecule has 0 aliphatic carbocycles. The summed E-state index contributed by atoms with van der Waals surface area (Å²) in [5.41, 5.74) is 1.78. The van der Waals surface area contributed by atoms with Crippen molar-refractivity contribution >= 4 is 43.7 Å². The highest BCUT2D eigenvalue weighted by Gasteiger charge is 2.24. The molecule has 0 atom stereocenters. The number of ether oxygens (including phenoxy) is 3. The zero-order valence-corrected chi connectivity index (χ0v) is 18.2.